The van der Waals surface area contributed by atoms with E-state index in [2.05, 4.69) is 0 Å². The van der Waals surface area contributed by atoms with Gasteiger partial charge in [0.05, 0.1) is 13.2 Å². The molecule has 0 unspecified atom stereocenters. The van der Waals surface area contributed by atoms with Crippen molar-refractivity contribution >= 4 is 11.9 Å². The highest BCUT2D eigenvalue weighted by Gasteiger charge is 2.36. The van der Waals surface area contributed by atoms with Gasteiger partial charge in [0.2, 0.25) is 13.6 Å². The molecule has 0 fully saturated rings. The van der Waals surface area contributed by atoms with E-state index in [0.29, 0.717) is 34.1 Å². The van der Waals surface area contributed by atoms with Crippen LogP contribution < -0.4 is 18.9 Å². The summed E-state index contributed by atoms with van der Waals surface area (Å²) in [6, 6.07) is 9.98. The molecule has 10 heteroatoms. The van der Waals surface area contributed by atoms with E-state index in [1.165, 1.54) is 0 Å². The van der Waals surface area contributed by atoms with Crippen LogP contribution in [0.3, 0.4) is 0 Å². The molecule has 2 aliphatic heterocycles. The molecular formula is C20H18O10. The van der Waals surface area contributed by atoms with Gasteiger partial charge >= 0.3 is 11.9 Å². The Kier molecular flexibility index (Phi) is 5.59. The molecule has 2 aromatic carbocycles. The molecule has 10 nitrogen and oxygen atoms in total. The zero-order chi connectivity index (χ0) is 21.1. The Balaban J connectivity index is 1.42. The fraction of sp³-hybridized carbons (Fsp3) is 0.300. The summed E-state index contributed by atoms with van der Waals surface area (Å²) < 4.78 is 31.7. The number of hydrogen-bond acceptors (Lipinski definition) is 8. The van der Waals surface area contributed by atoms with Crippen LogP contribution in [0.4, 0.5) is 0 Å². The van der Waals surface area contributed by atoms with Crippen LogP contribution >= 0.6 is 0 Å². The molecule has 158 valence electrons. The van der Waals surface area contributed by atoms with E-state index >= 15 is 0 Å². The summed E-state index contributed by atoms with van der Waals surface area (Å²) in [5.41, 5.74) is 1.20. The molecule has 0 saturated heterocycles. The number of hydrogen-bond donors (Lipinski definition) is 2. The number of carbonyl (C=O) groups is 2. The van der Waals surface area contributed by atoms with Crippen molar-refractivity contribution in [3.8, 4) is 23.0 Å². The van der Waals surface area contributed by atoms with E-state index in [-0.39, 0.29) is 26.8 Å². The van der Waals surface area contributed by atoms with Crippen LogP contribution in [0, 0.1) is 0 Å². The lowest BCUT2D eigenvalue weighted by Crippen LogP contribution is -2.43. The number of aliphatic carboxylic acids is 2. The quantitative estimate of drug-likeness (QED) is 0.621. The van der Waals surface area contributed by atoms with E-state index < -0.39 is 24.1 Å². The number of carboxylic acid groups (broad SMARTS) is 2. The van der Waals surface area contributed by atoms with Gasteiger partial charge in [-0.3, -0.25) is 0 Å². The third-order valence-electron chi connectivity index (χ3n) is 4.49. The molecule has 30 heavy (non-hydrogen) atoms. The lowest BCUT2D eigenvalue weighted by atomic mass is 10.1. The minimum Gasteiger partial charge on any atom is -0.479 e. The van der Waals surface area contributed by atoms with Crippen molar-refractivity contribution in [2.24, 2.45) is 0 Å². The number of benzene rings is 2. The predicted octanol–water partition coefficient (Wildman–Crippen LogP) is 1.78. The Morgan fingerprint density at radius 2 is 1.13 bits per heavy atom. The molecule has 0 bridgehead atoms. The molecule has 2 aliphatic rings. The van der Waals surface area contributed by atoms with Crippen LogP contribution in [-0.4, -0.2) is 47.9 Å². The van der Waals surface area contributed by atoms with Crippen molar-refractivity contribution in [3.05, 3.63) is 47.5 Å². The standard InChI is InChI=1S/C20H18O10/c21-19(22)17(25-7-11-1-3-13-15(5-11)29-9-27-13)18(20(23)24)26-8-12-2-4-14-16(6-12)30-10-28-14/h1-6,17-18H,7-10H2,(H,21,22)(H,23,24)/t17-,18-/m1/s1. The number of fused-ring (bicyclic) bond motifs is 2. The van der Waals surface area contributed by atoms with E-state index in [1.807, 2.05) is 0 Å². The van der Waals surface area contributed by atoms with Gasteiger partial charge in [0, 0.05) is 0 Å². The molecule has 0 saturated carbocycles. The van der Waals surface area contributed by atoms with Gasteiger partial charge in [-0.05, 0) is 35.4 Å². The van der Waals surface area contributed by atoms with Gasteiger partial charge in [-0.25, -0.2) is 9.59 Å². The summed E-state index contributed by atoms with van der Waals surface area (Å²) in [5, 5.41) is 19.0. The van der Waals surface area contributed by atoms with Gasteiger partial charge in [-0.1, -0.05) is 12.1 Å². The zero-order valence-corrected chi connectivity index (χ0v) is 15.6. The maximum absolute atomic E-state index is 11.7. The molecule has 0 amide bonds. The molecule has 2 aromatic rings. The molecule has 2 atom stereocenters. The highest BCUT2D eigenvalue weighted by Crippen LogP contribution is 2.34. The average molecular weight is 418 g/mol. The zero-order valence-electron chi connectivity index (χ0n) is 15.6. The molecule has 4 rings (SSSR count). The molecule has 0 spiro atoms. The van der Waals surface area contributed by atoms with Crippen molar-refractivity contribution in [3.63, 3.8) is 0 Å². The van der Waals surface area contributed by atoms with Crippen molar-refractivity contribution in [2.45, 2.75) is 25.4 Å². The molecule has 0 aliphatic carbocycles. The lowest BCUT2D eigenvalue weighted by Gasteiger charge is -2.21. The van der Waals surface area contributed by atoms with Crippen LogP contribution in [-0.2, 0) is 32.3 Å². The largest absolute Gasteiger partial charge is 0.479 e. The van der Waals surface area contributed by atoms with Crippen molar-refractivity contribution in [1.29, 1.82) is 0 Å². The monoisotopic (exact) mass is 418 g/mol. The van der Waals surface area contributed by atoms with Crippen LogP contribution in [0.2, 0.25) is 0 Å². The summed E-state index contributed by atoms with van der Waals surface area (Å²) in [6.07, 6.45) is -3.44. The summed E-state index contributed by atoms with van der Waals surface area (Å²) in [6.45, 7) is -0.0894. The topological polar surface area (TPSA) is 130 Å². The highest BCUT2D eigenvalue weighted by atomic mass is 16.7. The van der Waals surface area contributed by atoms with Gasteiger partial charge in [-0.2, -0.15) is 0 Å². The van der Waals surface area contributed by atoms with Gasteiger partial charge in [0.25, 0.3) is 0 Å². The lowest BCUT2D eigenvalue weighted by molar-refractivity contribution is -0.179. The Bertz CT molecular complexity index is 879. The third-order valence-corrected chi connectivity index (χ3v) is 4.49. The second-order valence-corrected chi connectivity index (χ2v) is 6.51. The molecular weight excluding hydrogens is 400 g/mol. The van der Waals surface area contributed by atoms with E-state index in [4.69, 9.17) is 28.4 Å². The first kappa shape index (κ1) is 19.8. The average Bonchev–Trinajstić information content (AvgIpc) is 3.37. The maximum Gasteiger partial charge on any atom is 0.336 e. The fourth-order valence-electron chi connectivity index (χ4n) is 3.01. The maximum atomic E-state index is 11.7. The van der Waals surface area contributed by atoms with Crippen molar-refractivity contribution < 1.29 is 48.2 Å². The first-order chi connectivity index (χ1) is 14.5. The van der Waals surface area contributed by atoms with Crippen molar-refractivity contribution in [2.75, 3.05) is 13.6 Å². The van der Waals surface area contributed by atoms with Gasteiger partial charge < -0.3 is 38.6 Å². The van der Waals surface area contributed by atoms with Gasteiger partial charge in [0.15, 0.2) is 35.2 Å². The Morgan fingerprint density at radius 1 is 0.733 bits per heavy atom. The normalized spacial score (nSPS) is 15.6. The van der Waals surface area contributed by atoms with Crippen LogP contribution in [0.15, 0.2) is 36.4 Å². The van der Waals surface area contributed by atoms with E-state index in [0.717, 1.165) is 0 Å². The second-order valence-electron chi connectivity index (χ2n) is 6.51. The Hall–Kier alpha value is -3.50. The van der Waals surface area contributed by atoms with Gasteiger partial charge in [-0.15, -0.1) is 0 Å². The van der Waals surface area contributed by atoms with E-state index in [9.17, 15) is 19.8 Å². The SMILES string of the molecule is O=C(O)[C@H](OCc1ccc2c(c1)OCO2)[C@@H](OCc1ccc2c(c1)OCO2)C(=O)O. The number of rotatable bonds is 9. The number of carboxylic acids is 2. The summed E-state index contributed by atoms with van der Waals surface area (Å²) in [5.74, 6) is -0.732. The summed E-state index contributed by atoms with van der Waals surface area (Å²) in [7, 11) is 0. The summed E-state index contributed by atoms with van der Waals surface area (Å²) >= 11 is 0. The second kappa shape index (κ2) is 8.47. The van der Waals surface area contributed by atoms with Crippen molar-refractivity contribution in [1.82, 2.24) is 0 Å². The first-order valence-corrected chi connectivity index (χ1v) is 8.97. The van der Waals surface area contributed by atoms with Gasteiger partial charge in [0.1, 0.15) is 0 Å². The fourth-order valence-corrected chi connectivity index (χ4v) is 3.01. The van der Waals surface area contributed by atoms with Crippen LogP contribution in [0.5, 0.6) is 23.0 Å². The van der Waals surface area contributed by atoms with E-state index in [1.54, 1.807) is 36.4 Å². The Morgan fingerprint density at radius 3 is 1.53 bits per heavy atom. The summed E-state index contributed by atoms with van der Waals surface area (Å²) in [4.78, 5) is 23.3. The third kappa shape index (κ3) is 4.24. The molecule has 2 heterocycles. The molecule has 0 radical (unpaired) electrons. The minimum absolute atomic E-state index is 0.103. The minimum atomic E-state index is -1.72. The van der Waals surface area contributed by atoms with Crippen LogP contribution in [0.1, 0.15) is 11.1 Å². The Labute approximate surface area is 170 Å². The smallest absolute Gasteiger partial charge is 0.336 e. The first-order valence-electron chi connectivity index (χ1n) is 8.97. The van der Waals surface area contributed by atoms with Crippen LogP contribution in [0.25, 0.3) is 0 Å². The molecule has 0 aromatic heterocycles. The molecule has 2 N–H and O–H groups in total. The number of ether oxygens (including phenoxy) is 6. The predicted molar refractivity (Wildman–Crippen MR) is 97.6 cm³/mol. The highest BCUT2D eigenvalue weighted by molar-refractivity contribution is 5.83.